The Balaban J connectivity index is 2.05. The molecule has 0 spiro atoms. The third-order valence-electron chi connectivity index (χ3n) is 4.68. The van der Waals surface area contributed by atoms with Crippen molar-refractivity contribution in [1.29, 1.82) is 0 Å². The van der Waals surface area contributed by atoms with Gasteiger partial charge in [0.2, 0.25) is 5.91 Å². The van der Waals surface area contributed by atoms with Gasteiger partial charge in [-0.2, -0.15) is 0 Å². The minimum absolute atomic E-state index is 0.0232. The molecular weight excluding hydrogens is 246 g/mol. The number of carboxylic acids is 1. The molecule has 19 heavy (non-hydrogen) atoms. The quantitative estimate of drug-likeness (QED) is 0.843. The van der Waals surface area contributed by atoms with Crippen LogP contribution in [0.5, 0.6) is 0 Å². The van der Waals surface area contributed by atoms with E-state index >= 15 is 0 Å². The van der Waals surface area contributed by atoms with E-state index in [9.17, 15) is 14.7 Å². The smallest absolute Gasteiger partial charge is 0.326 e. The van der Waals surface area contributed by atoms with Crippen LogP contribution < -0.4 is 0 Å². The summed E-state index contributed by atoms with van der Waals surface area (Å²) in [5.41, 5.74) is -0.333. The summed E-state index contributed by atoms with van der Waals surface area (Å²) in [6, 6.07) is -0.671. The number of nitrogens with zero attached hydrogens (tertiary/aromatic N) is 1. The van der Waals surface area contributed by atoms with E-state index in [0.717, 1.165) is 32.1 Å². The van der Waals surface area contributed by atoms with Gasteiger partial charge >= 0.3 is 5.97 Å². The summed E-state index contributed by atoms with van der Waals surface area (Å²) in [5.74, 6) is -0.934. The summed E-state index contributed by atoms with van der Waals surface area (Å²) in [4.78, 5) is 25.3. The zero-order valence-electron chi connectivity index (χ0n) is 11.7. The van der Waals surface area contributed by atoms with Crippen molar-refractivity contribution in [3.8, 4) is 0 Å². The fourth-order valence-corrected chi connectivity index (χ4v) is 3.25. The molecule has 5 nitrogen and oxygen atoms in total. The maximum atomic E-state index is 12.4. The standard InChI is InChI=1S/C14H23NO4/c1-10-5-3-8-15(12(10)13(17)18)11(16)9-14(19-2)6-4-7-14/h10,12H,3-9H2,1-2H3,(H,17,18). The fourth-order valence-electron chi connectivity index (χ4n) is 3.25. The molecule has 5 heteroatoms. The molecular formula is C14H23NO4. The predicted octanol–water partition coefficient (Wildman–Crippen LogP) is 1.66. The molecule has 2 aliphatic rings. The number of aliphatic carboxylic acids is 1. The van der Waals surface area contributed by atoms with Gasteiger partial charge in [0, 0.05) is 13.7 Å². The lowest BCUT2D eigenvalue weighted by Gasteiger charge is -2.43. The van der Waals surface area contributed by atoms with Gasteiger partial charge in [0.15, 0.2) is 0 Å². The van der Waals surface area contributed by atoms with Gasteiger partial charge in [-0.15, -0.1) is 0 Å². The molecule has 1 N–H and O–H groups in total. The number of likely N-dealkylation sites (tertiary alicyclic amines) is 1. The van der Waals surface area contributed by atoms with Gasteiger partial charge in [0.1, 0.15) is 6.04 Å². The molecule has 0 bridgehead atoms. The Bertz CT molecular complexity index is 359. The molecule has 1 amide bonds. The van der Waals surface area contributed by atoms with Gasteiger partial charge in [0.05, 0.1) is 12.0 Å². The Morgan fingerprint density at radius 1 is 1.37 bits per heavy atom. The van der Waals surface area contributed by atoms with Crippen LogP contribution >= 0.6 is 0 Å². The molecule has 2 atom stereocenters. The van der Waals surface area contributed by atoms with Gasteiger partial charge in [-0.1, -0.05) is 6.92 Å². The Morgan fingerprint density at radius 3 is 2.53 bits per heavy atom. The van der Waals surface area contributed by atoms with E-state index in [2.05, 4.69) is 0 Å². The normalized spacial score (nSPS) is 29.7. The zero-order chi connectivity index (χ0) is 14.0. The predicted molar refractivity (Wildman–Crippen MR) is 69.7 cm³/mol. The highest BCUT2D eigenvalue weighted by molar-refractivity contribution is 5.84. The summed E-state index contributed by atoms with van der Waals surface area (Å²) in [7, 11) is 1.64. The second-order valence-corrected chi connectivity index (χ2v) is 5.91. The van der Waals surface area contributed by atoms with E-state index in [4.69, 9.17) is 4.74 Å². The van der Waals surface area contributed by atoms with E-state index in [1.165, 1.54) is 0 Å². The Labute approximate surface area is 113 Å². The molecule has 1 saturated carbocycles. The van der Waals surface area contributed by atoms with E-state index in [-0.39, 0.29) is 17.4 Å². The summed E-state index contributed by atoms with van der Waals surface area (Å²) >= 11 is 0. The van der Waals surface area contributed by atoms with Crippen molar-refractivity contribution in [2.75, 3.05) is 13.7 Å². The van der Waals surface area contributed by atoms with E-state index in [1.807, 2.05) is 6.92 Å². The molecule has 0 aromatic rings. The number of methoxy groups -OCH3 is 1. The number of carboxylic acid groups (broad SMARTS) is 1. The topological polar surface area (TPSA) is 66.8 Å². The van der Waals surface area contributed by atoms with Crippen LogP contribution in [-0.4, -0.2) is 47.2 Å². The maximum Gasteiger partial charge on any atom is 0.326 e. The highest BCUT2D eigenvalue weighted by Crippen LogP contribution is 2.39. The van der Waals surface area contributed by atoms with Crippen LogP contribution in [0.4, 0.5) is 0 Å². The summed E-state index contributed by atoms with van der Waals surface area (Å²) in [5, 5.41) is 9.33. The molecule has 2 fully saturated rings. The van der Waals surface area contributed by atoms with Crippen LogP contribution in [0.2, 0.25) is 0 Å². The third kappa shape index (κ3) is 2.76. The average Bonchev–Trinajstić information content (AvgIpc) is 2.32. The Morgan fingerprint density at radius 2 is 2.05 bits per heavy atom. The van der Waals surface area contributed by atoms with Gasteiger partial charge < -0.3 is 14.7 Å². The van der Waals surface area contributed by atoms with Crippen LogP contribution in [0, 0.1) is 5.92 Å². The van der Waals surface area contributed by atoms with E-state index < -0.39 is 12.0 Å². The number of hydrogen-bond acceptors (Lipinski definition) is 3. The lowest BCUT2D eigenvalue weighted by molar-refractivity contribution is -0.160. The van der Waals surface area contributed by atoms with Crippen molar-refractivity contribution in [1.82, 2.24) is 4.90 Å². The summed E-state index contributed by atoms with van der Waals surface area (Å²) < 4.78 is 5.46. The highest BCUT2D eigenvalue weighted by Gasteiger charge is 2.43. The van der Waals surface area contributed by atoms with Crippen LogP contribution in [-0.2, 0) is 14.3 Å². The third-order valence-corrected chi connectivity index (χ3v) is 4.68. The molecule has 0 aromatic heterocycles. The van der Waals surface area contributed by atoms with Crippen molar-refractivity contribution in [3.05, 3.63) is 0 Å². The van der Waals surface area contributed by atoms with Crippen molar-refractivity contribution >= 4 is 11.9 Å². The fraction of sp³-hybridized carbons (Fsp3) is 0.857. The first-order valence-corrected chi connectivity index (χ1v) is 7.06. The summed E-state index contributed by atoms with van der Waals surface area (Å²) in [6.45, 7) is 2.47. The first-order valence-electron chi connectivity index (χ1n) is 7.06. The van der Waals surface area contributed by atoms with Gasteiger partial charge in [-0.05, 0) is 38.0 Å². The monoisotopic (exact) mass is 269 g/mol. The summed E-state index contributed by atoms with van der Waals surface area (Å²) in [6.07, 6.45) is 4.96. The average molecular weight is 269 g/mol. The first-order chi connectivity index (χ1) is 8.99. The molecule has 108 valence electrons. The van der Waals surface area contributed by atoms with Crippen LogP contribution in [0.3, 0.4) is 0 Å². The number of ether oxygens (including phenoxy) is 1. The number of carbonyl (C=O) groups is 2. The number of carbonyl (C=O) groups excluding carboxylic acids is 1. The van der Waals surface area contributed by atoms with Crippen LogP contribution in [0.25, 0.3) is 0 Å². The first kappa shape index (κ1) is 14.3. The maximum absolute atomic E-state index is 12.4. The van der Waals surface area contributed by atoms with Crippen molar-refractivity contribution < 1.29 is 19.4 Å². The van der Waals surface area contributed by atoms with Crippen LogP contribution in [0.15, 0.2) is 0 Å². The minimum Gasteiger partial charge on any atom is -0.480 e. The van der Waals surface area contributed by atoms with E-state index in [0.29, 0.717) is 13.0 Å². The molecule has 0 aromatic carbocycles. The molecule has 2 rings (SSSR count). The number of amides is 1. The number of hydrogen-bond donors (Lipinski definition) is 1. The molecule has 1 aliphatic carbocycles. The van der Waals surface area contributed by atoms with Crippen molar-refractivity contribution in [2.45, 2.75) is 57.1 Å². The SMILES string of the molecule is COC1(CC(=O)N2CCCC(C)C2C(=O)O)CCC1. The minimum atomic E-state index is -0.888. The highest BCUT2D eigenvalue weighted by atomic mass is 16.5. The number of piperidine rings is 1. The lowest BCUT2D eigenvalue weighted by atomic mass is 9.77. The lowest BCUT2D eigenvalue weighted by Crippen LogP contribution is -2.54. The van der Waals surface area contributed by atoms with Gasteiger partial charge in [-0.25, -0.2) is 4.79 Å². The Hall–Kier alpha value is -1.10. The molecule has 1 heterocycles. The second kappa shape index (κ2) is 5.49. The van der Waals surface area contributed by atoms with E-state index in [1.54, 1.807) is 12.0 Å². The molecule has 0 radical (unpaired) electrons. The largest absolute Gasteiger partial charge is 0.480 e. The van der Waals surface area contributed by atoms with Crippen LogP contribution in [0.1, 0.15) is 45.4 Å². The Kier molecular flexibility index (Phi) is 4.13. The molecule has 1 aliphatic heterocycles. The van der Waals surface area contributed by atoms with Crippen molar-refractivity contribution in [2.24, 2.45) is 5.92 Å². The second-order valence-electron chi connectivity index (χ2n) is 5.91. The molecule has 1 saturated heterocycles. The van der Waals surface area contributed by atoms with Gasteiger partial charge in [0.25, 0.3) is 0 Å². The van der Waals surface area contributed by atoms with Crippen molar-refractivity contribution in [3.63, 3.8) is 0 Å². The number of rotatable bonds is 4. The van der Waals surface area contributed by atoms with Gasteiger partial charge in [-0.3, -0.25) is 4.79 Å². The molecule has 2 unspecified atom stereocenters. The zero-order valence-corrected chi connectivity index (χ0v) is 11.7.